The lowest BCUT2D eigenvalue weighted by atomic mass is 9.98. The van der Waals surface area contributed by atoms with E-state index in [9.17, 15) is 22.0 Å². The summed E-state index contributed by atoms with van der Waals surface area (Å²) in [4.78, 5) is 4.00. The predicted molar refractivity (Wildman–Crippen MR) is 104 cm³/mol. The fraction of sp³-hybridized carbons (Fsp3) is 0.700. The minimum absolute atomic E-state index is 0.0509. The first-order chi connectivity index (χ1) is 14.5. The van der Waals surface area contributed by atoms with Gasteiger partial charge in [0.1, 0.15) is 5.76 Å². The number of aromatic nitrogens is 2. The number of aliphatic imine (C=N–C) groups is 1. The molecule has 0 spiro atoms. The van der Waals surface area contributed by atoms with E-state index in [4.69, 9.17) is 10.8 Å². The Morgan fingerprint density at radius 2 is 1.94 bits per heavy atom. The SMILES string of the molecule is CC(C)n1nc(C2C=NC(N)=C(OC(F)F)C2)cc1C1[C@H]2CC(NCC(F)(F)F)C[C@@H]12. The third-order valence-electron chi connectivity index (χ3n) is 6.35. The summed E-state index contributed by atoms with van der Waals surface area (Å²) < 4.78 is 69.1. The molecule has 0 bridgehead atoms. The van der Waals surface area contributed by atoms with Gasteiger partial charge in [-0.3, -0.25) is 4.68 Å². The van der Waals surface area contributed by atoms with Gasteiger partial charge >= 0.3 is 12.8 Å². The van der Waals surface area contributed by atoms with Crippen molar-refractivity contribution >= 4 is 6.21 Å². The van der Waals surface area contributed by atoms with E-state index in [0.29, 0.717) is 30.4 Å². The molecule has 3 unspecified atom stereocenters. The van der Waals surface area contributed by atoms with Crippen LogP contribution in [-0.4, -0.2) is 41.4 Å². The van der Waals surface area contributed by atoms with Gasteiger partial charge in [0.15, 0.2) is 5.82 Å². The molecule has 172 valence electrons. The number of ether oxygens (including phenoxy) is 1. The zero-order chi connectivity index (χ0) is 22.5. The van der Waals surface area contributed by atoms with Crippen molar-refractivity contribution in [1.29, 1.82) is 0 Å². The molecular formula is C20H26F5N5O. The van der Waals surface area contributed by atoms with Gasteiger partial charge in [-0.25, -0.2) is 4.99 Å². The molecule has 11 heteroatoms. The van der Waals surface area contributed by atoms with Crippen LogP contribution < -0.4 is 11.1 Å². The van der Waals surface area contributed by atoms with E-state index >= 15 is 0 Å². The summed E-state index contributed by atoms with van der Waals surface area (Å²) in [6, 6.07) is 1.94. The van der Waals surface area contributed by atoms with Crippen molar-refractivity contribution < 1.29 is 26.7 Å². The summed E-state index contributed by atoms with van der Waals surface area (Å²) in [5.74, 6) is 0.478. The first kappa shape index (κ1) is 22.0. The average molecular weight is 447 g/mol. The lowest BCUT2D eigenvalue weighted by Crippen LogP contribution is -2.36. The van der Waals surface area contributed by atoms with Gasteiger partial charge in [0.2, 0.25) is 0 Å². The molecule has 1 aliphatic heterocycles. The molecule has 2 heterocycles. The summed E-state index contributed by atoms with van der Waals surface area (Å²) in [6.07, 6.45) is -1.05. The number of fused-ring (bicyclic) bond motifs is 1. The highest BCUT2D eigenvalue weighted by molar-refractivity contribution is 5.70. The topological polar surface area (TPSA) is 77.5 Å². The highest BCUT2D eigenvalue weighted by atomic mass is 19.4. The Morgan fingerprint density at radius 1 is 1.26 bits per heavy atom. The Morgan fingerprint density at radius 3 is 2.52 bits per heavy atom. The molecule has 1 aromatic heterocycles. The van der Waals surface area contributed by atoms with Gasteiger partial charge in [-0.05, 0) is 44.6 Å². The zero-order valence-electron chi connectivity index (χ0n) is 17.2. The molecule has 2 saturated carbocycles. The van der Waals surface area contributed by atoms with Gasteiger partial charge in [-0.1, -0.05) is 0 Å². The maximum absolute atomic E-state index is 12.6. The molecule has 0 saturated heterocycles. The maximum atomic E-state index is 12.6. The van der Waals surface area contributed by atoms with Crippen molar-refractivity contribution in [1.82, 2.24) is 15.1 Å². The summed E-state index contributed by atoms with van der Waals surface area (Å²) in [6.45, 7) is 0.0709. The molecule has 4 rings (SSSR count). The van der Waals surface area contributed by atoms with Crippen LogP contribution in [0.2, 0.25) is 0 Å². The largest absolute Gasteiger partial charge is 0.435 e. The molecule has 2 fully saturated rings. The first-order valence-electron chi connectivity index (χ1n) is 10.4. The van der Waals surface area contributed by atoms with E-state index < -0.39 is 19.3 Å². The molecule has 0 amide bonds. The van der Waals surface area contributed by atoms with Crippen LogP contribution in [0.1, 0.15) is 62.4 Å². The lowest BCUT2D eigenvalue weighted by Gasteiger charge is -2.18. The van der Waals surface area contributed by atoms with Crippen LogP contribution in [0, 0.1) is 11.8 Å². The summed E-state index contributed by atoms with van der Waals surface area (Å²) in [7, 11) is 0. The normalized spacial score (nSPS) is 30.4. The maximum Gasteiger partial charge on any atom is 0.401 e. The number of nitrogens with zero attached hydrogens (tertiary/aromatic N) is 3. The average Bonchev–Trinajstić information content (AvgIpc) is 3.04. The molecule has 3 N–H and O–H groups in total. The Balaban J connectivity index is 1.45. The van der Waals surface area contributed by atoms with Crippen LogP contribution in [-0.2, 0) is 4.74 Å². The smallest absolute Gasteiger partial charge is 0.401 e. The van der Waals surface area contributed by atoms with E-state index in [2.05, 4.69) is 15.0 Å². The number of allylic oxidation sites excluding steroid dienone is 1. The van der Waals surface area contributed by atoms with Crippen LogP contribution in [0.25, 0.3) is 0 Å². The number of hydrogen-bond acceptors (Lipinski definition) is 5. The van der Waals surface area contributed by atoms with E-state index in [0.717, 1.165) is 5.69 Å². The van der Waals surface area contributed by atoms with Gasteiger partial charge in [0.05, 0.1) is 12.2 Å². The van der Waals surface area contributed by atoms with Crippen molar-refractivity contribution in [2.24, 2.45) is 22.6 Å². The second kappa shape index (κ2) is 8.07. The number of hydrogen-bond donors (Lipinski definition) is 2. The zero-order valence-corrected chi connectivity index (χ0v) is 17.2. The summed E-state index contributed by atoms with van der Waals surface area (Å²) in [5, 5.41) is 7.32. The van der Waals surface area contributed by atoms with E-state index in [1.54, 1.807) is 6.21 Å². The van der Waals surface area contributed by atoms with E-state index in [1.807, 2.05) is 24.6 Å². The van der Waals surface area contributed by atoms with Crippen molar-refractivity contribution in [3.8, 4) is 0 Å². The summed E-state index contributed by atoms with van der Waals surface area (Å²) in [5.41, 5.74) is 7.40. The van der Waals surface area contributed by atoms with E-state index in [-0.39, 0.29) is 41.9 Å². The van der Waals surface area contributed by atoms with Crippen molar-refractivity contribution in [3.05, 3.63) is 29.0 Å². The number of nitrogens with one attached hydrogen (secondary N) is 1. The van der Waals surface area contributed by atoms with Crippen LogP contribution in [0.15, 0.2) is 22.6 Å². The van der Waals surface area contributed by atoms with Gasteiger partial charge in [0.25, 0.3) is 0 Å². The van der Waals surface area contributed by atoms with Crippen molar-refractivity contribution in [2.75, 3.05) is 6.54 Å². The number of rotatable bonds is 7. The van der Waals surface area contributed by atoms with Crippen LogP contribution in [0.3, 0.4) is 0 Å². The van der Waals surface area contributed by atoms with Crippen molar-refractivity contribution in [2.45, 2.75) is 69.8 Å². The molecule has 31 heavy (non-hydrogen) atoms. The molecule has 1 aromatic rings. The summed E-state index contributed by atoms with van der Waals surface area (Å²) >= 11 is 0. The van der Waals surface area contributed by atoms with Crippen LogP contribution in [0.4, 0.5) is 22.0 Å². The Bertz CT molecular complexity index is 866. The highest BCUT2D eigenvalue weighted by Gasteiger charge is 2.58. The van der Waals surface area contributed by atoms with Gasteiger partial charge in [0, 0.05) is 42.2 Å². The number of alkyl halides is 5. The minimum Gasteiger partial charge on any atom is -0.435 e. The third-order valence-corrected chi connectivity index (χ3v) is 6.35. The minimum atomic E-state index is -4.20. The predicted octanol–water partition coefficient (Wildman–Crippen LogP) is 4.03. The Kier molecular flexibility index (Phi) is 5.74. The molecule has 0 radical (unpaired) electrons. The fourth-order valence-electron chi connectivity index (χ4n) is 4.98. The molecule has 5 atom stereocenters. The van der Waals surface area contributed by atoms with Crippen LogP contribution in [0.5, 0.6) is 0 Å². The van der Waals surface area contributed by atoms with E-state index in [1.165, 1.54) is 0 Å². The van der Waals surface area contributed by atoms with Crippen molar-refractivity contribution in [3.63, 3.8) is 0 Å². The molecule has 3 aliphatic rings. The van der Waals surface area contributed by atoms with Gasteiger partial charge in [-0.2, -0.15) is 27.1 Å². The number of nitrogens with two attached hydrogens (primary N) is 1. The Labute approximate surface area is 176 Å². The quantitative estimate of drug-likeness (QED) is 0.619. The number of halogens is 5. The molecule has 0 aromatic carbocycles. The monoisotopic (exact) mass is 447 g/mol. The highest BCUT2D eigenvalue weighted by Crippen LogP contribution is 2.63. The molecule has 6 nitrogen and oxygen atoms in total. The lowest BCUT2D eigenvalue weighted by molar-refractivity contribution is -0.126. The second-order valence-electron chi connectivity index (χ2n) is 8.83. The van der Waals surface area contributed by atoms with Gasteiger partial charge in [-0.15, -0.1) is 0 Å². The molecular weight excluding hydrogens is 421 g/mol. The third kappa shape index (κ3) is 4.70. The first-order valence-corrected chi connectivity index (χ1v) is 10.4. The standard InChI is InChI=1S/C20H26F5N5O/c1-9(2)30-15(17-12-4-11(5-13(12)17)28-8-20(23,24)25)6-14(29-30)10-3-16(31-19(21)22)18(26)27-7-10/h6-7,9-13,17,19,28H,3-5,8,26H2,1-2H3/t10?,11?,12-,13+,17?. The van der Waals surface area contributed by atoms with Gasteiger partial charge < -0.3 is 15.8 Å². The second-order valence-corrected chi connectivity index (χ2v) is 8.83. The molecule has 2 aliphatic carbocycles. The Hall–Kier alpha value is -2.17. The fourth-order valence-corrected chi connectivity index (χ4v) is 4.98. The van der Waals surface area contributed by atoms with Crippen LogP contribution >= 0.6 is 0 Å².